The zero-order valence-electron chi connectivity index (χ0n) is 16.3. The van der Waals surface area contributed by atoms with E-state index in [0.717, 1.165) is 10.9 Å². The fraction of sp³-hybridized carbons (Fsp3) is 0.130. The van der Waals surface area contributed by atoms with Crippen LogP contribution in [0, 0.1) is 17.1 Å². The Morgan fingerprint density at radius 2 is 1.73 bits per heavy atom. The Hall–Kier alpha value is -3.56. The Kier molecular flexibility index (Phi) is 5.06. The molecule has 0 atom stereocenters. The number of benzene rings is 2. The maximum absolute atomic E-state index is 13.4. The number of halogens is 2. The summed E-state index contributed by atoms with van der Waals surface area (Å²) in [5.74, 6) is -0.0983. The fourth-order valence-electron chi connectivity index (χ4n) is 3.41. The van der Waals surface area contributed by atoms with E-state index in [4.69, 9.17) is 17.3 Å². The van der Waals surface area contributed by atoms with Crippen LogP contribution >= 0.6 is 11.6 Å². The average molecular weight is 418 g/mol. The van der Waals surface area contributed by atoms with Crippen molar-refractivity contribution in [3.8, 4) is 28.6 Å². The van der Waals surface area contributed by atoms with Crippen LogP contribution in [0.1, 0.15) is 31.0 Å². The van der Waals surface area contributed by atoms with Crippen molar-refractivity contribution in [2.75, 3.05) is 5.73 Å². The molecule has 0 unspecified atom stereocenters. The number of nitriles is 1. The zero-order valence-corrected chi connectivity index (χ0v) is 17.1. The van der Waals surface area contributed by atoms with Gasteiger partial charge in [-0.05, 0) is 53.9 Å². The van der Waals surface area contributed by atoms with E-state index in [2.05, 4.69) is 28.8 Å². The monoisotopic (exact) mass is 417 g/mol. The van der Waals surface area contributed by atoms with Gasteiger partial charge in [-0.2, -0.15) is 5.26 Å². The third-order valence-electron chi connectivity index (χ3n) is 4.87. The molecule has 2 aromatic heterocycles. The maximum atomic E-state index is 13.4. The van der Waals surface area contributed by atoms with Crippen LogP contribution in [0.15, 0.2) is 48.7 Å². The van der Waals surface area contributed by atoms with Crippen LogP contribution in [0.5, 0.6) is 0 Å². The minimum Gasteiger partial charge on any atom is -0.381 e. The number of aromatic nitrogens is 3. The summed E-state index contributed by atoms with van der Waals surface area (Å²) in [5, 5.41) is 10.8. The summed E-state index contributed by atoms with van der Waals surface area (Å²) in [6, 6.07) is 13.5. The quantitative estimate of drug-likeness (QED) is 0.460. The van der Waals surface area contributed by atoms with Crippen molar-refractivity contribution in [3.63, 3.8) is 0 Å². The van der Waals surface area contributed by atoms with Gasteiger partial charge in [0.2, 0.25) is 0 Å². The van der Waals surface area contributed by atoms with Gasteiger partial charge in [-0.3, -0.25) is 4.98 Å². The molecule has 0 fully saturated rings. The number of hydrogen-bond donors (Lipinski definition) is 1. The molecule has 4 aromatic rings. The topological polar surface area (TPSA) is 88.5 Å². The number of anilines is 1. The summed E-state index contributed by atoms with van der Waals surface area (Å²) < 4.78 is 13.4. The van der Waals surface area contributed by atoms with Crippen LogP contribution in [-0.2, 0) is 0 Å². The van der Waals surface area contributed by atoms with Crippen molar-refractivity contribution in [3.05, 3.63) is 70.8 Å². The molecule has 0 amide bonds. The molecule has 2 N–H and O–H groups in total. The van der Waals surface area contributed by atoms with E-state index in [1.165, 1.54) is 12.1 Å². The number of pyridine rings is 1. The van der Waals surface area contributed by atoms with Gasteiger partial charge in [-0.1, -0.05) is 25.4 Å². The second-order valence-corrected chi connectivity index (χ2v) is 7.59. The smallest absolute Gasteiger partial charge is 0.183 e. The van der Waals surface area contributed by atoms with Gasteiger partial charge < -0.3 is 5.73 Å². The van der Waals surface area contributed by atoms with E-state index in [1.807, 2.05) is 18.2 Å². The van der Waals surface area contributed by atoms with E-state index in [9.17, 15) is 9.65 Å². The van der Waals surface area contributed by atoms with Gasteiger partial charge in [0.25, 0.3) is 0 Å². The number of rotatable bonds is 3. The lowest BCUT2D eigenvalue weighted by atomic mass is 9.96. The second-order valence-electron chi connectivity index (χ2n) is 7.18. The Balaban J connectivity index is 2.04. The molecule has 5 nitrogen and oxygen atoms in total. The molecule has 0 aliphatic rings. The molecule has 0 aliphatic heterocycles. The summed E-state index contributed by atoms with van der Waals surface area (Å²) in [4.78, 5) is 13.3. The van der Waals surface area contributed by atoms with E-state index < -0.39 is 0 Å². The van der Waals surface area contributed by atoms with Crippen molar-refractivity contribution in [2.45, 2.75) is 19.8 Å². The molecule has 30 heavy (non-hydrogen) atoms. The van der Waals surface area contributed by atoms with Crippen molar-refractivity contribution >= 4 is 28.3 Å². The lowest BCUT2D eigenvalue weighted by Crippen LogP contribution is -2.03. The molecule has 0 bridgehead atoms. The van der Waals surface area contributed by atoms with Crippen LogP contribution < -0.4 is 5.73 Å². The third kappa shape index (κ3) is 3.44. The fourth-order valence-corrected chi connectivity index (χ4v) is 3.68. The predicted octanol–water partition coefficient (Wildman–Crippen LogP) is 5.73. The van der Waals surface area contributed by atoms with Crippen LogP contribution in [0.4, 0.5) is 10.2 Å². The summed E-state index contributed by atoms with van der Waals surface area (Å²) in [5.41, 5.74) is 9.91. The highest BCUT2D eigenvalue weighted by molar-refractivity contribution is 6.35. The van der Waals surface area contributed by atoms with E-state index in [-0.39, 0.29) is 23.2 Å². The number of nitrogens with zero attached hydrogens (tertiary/aromatic N) is 4. The molecule has 148 valence electrons. The van der Waals surface area contributed by atoms with Gasteiger partial charge in [-0.15, -0.1) is 0 Å². The zero-order chi connectivity index (χ0) is 21.4. The minimum atomic E-state index is -0.365. The molecular formula is C23H17ClFN5. The summed E-state index contributed by atoms with van der Waals surface area (Å²) in [6.07, 6.45) is 1.74. The Labute approximate surface area is 178 Å². The molecule has 0 spiro atoms. The van der Waals surface area contributed by atoms with Crippen molar-refractivity contribution in [1.29, 1.82) is 5.26 Å². The second kappa shape index (κ2) is 7.69. The van der Waals surface area contributed by atoms with Crippen LogP contribution in [-0.4, -0.2) is 15.0 Å². The molecule has 0 radical (unpaired) electrons. The Morgan fingerprint density at radius 1 is 1.03 bits per heavy atom. The van der Waals surface area contributed by atoms with E-state index in [0.29, 0.717) is 33.1 Å². The lowest BCUT2D eigenvalue weighted by molar-refractivity contribution is 0.628. The maximum Gasteiger partial charge on any atom is 0.183 e. The highest BCUT2D eigenvalue weighted by Gasteiger charge is 2.18. The Bertz CT molecular complexity index is 1310. The third-order valence-corrected chi connectivity index (χ3v) is 5.16. The van der Waals surface area contributed by atoms with Gasteiger partial charge in [0.05, 0.1) is 21.9 Å². The standard InChI is InChI=1S/C23H17ClFN5/c1-12(2)16-7-8-28-22-17(16)9-14(10-18(22)24)21-20(13-3-5-15(25)6-4-13)30-23(27)19(11-26)29-21/h3-10,12H,1-2H3,(H2,27,30). The van der Waals surface area contributed by atoms with Crippen molar-refractivity contribution < 1.29 is 4.39 Å². The highest BCUT2D eigenvalue weighted by Crippen LogP contribution is 2.37. The van der Waals surface area contributed by atoms with Crippen LogP contribution in [0.25, 0.3) is 33.4 Å². The molecule has 2 heterocycles. The molecule has 0 saturated heterocycles. The summed E-state index contributed by atoms with van der Waals surface area (Å²) in [6.45, 7) is 4.19. The first-order valence-corrected chi connectivity index (χ1v) is 9.69. The van der Waals surface area contributed by atoms with Crippen molar-refractivity contribution in [2.24, 2.45) is 0 Å². The molecular weight excluding hydrogens is 401 g/mol. The van der Waals surface area contributed by atoms with Gasteiger partial charge in [0.1, 0.15) is 11.9 Å². The first-order chi connectivity index (χ1) is 14.4. The van der Waals surface area contributed by atoms with Crippen LogP contribution in [0.3, 0.4) is 0 Å². The van der Waals surface area contributed by atoms with E-state index in [1.54, 1.807) is 24.4 Å². The minimum absolute atomic E-state index is 0.0111. The Morgan fingerprint density at radius 3 is 2.40 bits per heavy atom. The number of nitrogen functional groups attached to an aromatic ring is 1. The molecule has 0 saturated carbocycles. The number of hydrogen-bond acceptors (Lipinski definition) is 5. The SMILES string of the molecule is CC(C)c1ccnc2c(Cl)cc(-c3nc(C#N)c(N)nc3-c3ccc(F)cc3)cc12. The largest absolute Gasteiger partial charge is 0.381 e. The first kappa shape index (κ1) is 19.7. The highest BCUT2D eigenvalue weighted by atomic mass is 35.5. The number of nitrogens with two attached hydrogens (primary N) is 1. The number of fused-ring (bicyclic) bond motifs is 1. The molecule has 4 rings (SSSR count). The average Bonchev–Trinajstić information content (AvgIpc) is 2.73. The molecule has 7 heteroatoms. The van der Waals surface area contributed by atoms with Gasteiger partial charge >= 0.3 is 0 Å². The predicted molar refractivity (Wildman–Crippen MR) is 116 cm³/mol. The van der Waals surface area contributed by atoms with Gasteiger partial charge in [0, 0.05) is 22.7 Å². The van der Waals surface area contributed by atoms with Gasteiger partial charge in [-0.25, -0.2) is 14.4 Å². The van der Waals surface area contributed by atoms with E-state index >= 15 is 0 Å². The summed E-state index contributed by atoms with van der Waals surface area (Å²) in [7, 11) is 0. The van der Waals surface area contributed by atoms with Crippen molar-refractivity contribution in [1.82, 2.24) is 15.0 Å². The lowest BCUT2D eigenvalue weighted by Gasteiger charge is -2.14. The molecule has 0 aliphatic carbocycles. The van der Waals surface area contributed by atoms with Crippen LogP contribution in [0.2, 0.25) is 5.02 Å². The van der Waals surface area contributed by atoms with Gasteiger partial charge in [0.15, 0.2) is 11.5 Å². The first-order valence-electron chi connectivity index (χ1n) is 9.31. The summed E-state index contributed by atoms with van der Waals surface area (Å²) >= 11 is 6.56. The molecule has 2 aromatic carbocycles. The normalized spacial score (nSPS) is 11.1.